The molecule has 0 saturated carbocycles. The third kappa shape index (κ3) is 4.63. The summed E-state index contributed by atoms with van der Waals surface area (Å²) >= 11 is 5.88. The Bertz CT molecular complexity index is 1050. The second-order valence-corrected chi connectivity index (χ2v) is 7.50. The molecule has 6 heteroatoms. The lowest BCUT2D eigenvalue weighted by atomic mass is 10.1. The number of halogens is 1. The molecule has 1 aliphatic rings. The summed E-state index contributed by atoms with van der Waals surface area (Å²) in [6, 6.07) is 22.2. The number of carbonyl (C=O) groups excluding carboxylic acids is 2. The third-order valence-corrected chi connectivity index (χ3v) is 5.21. The van der Waals surface area contributed by atoms with Crippen LogP contribution in [0, 0.1) is 0 Å². The molecule has 0 fully saturated rings. The van der Waals surface area contributed by atoms with E-state index in [1.54, 1.807) is 47.4 Å². The molecule has 0 saturated heterocycles. The van der Waals surface area contributed by atoms with Crippen LogP contribution in [0.1, 0.15) is 22.3 Å². The highest BCUT2D eigenvalue weighted by Gasteiger charge is 2.25. The van der Waals surface area contributed by atoms with Crippen LogP contribution in [-0.4, -0.2) is 25.0 Å². The average molecular weight is 421 g/mol. The van der Waals surface area contributed by atoms with Gasteiger partial charge >= 0.3 is 0 Å². The molecule has 1 N–H and O–H groups in total. The standard InChI is InChI=1S/C24H21ClN2O3/c25-19-10-8-18(9-11-19)24(29)26-20-12-13-22-21(15-20)27(23(28)16-30-22)14-4-7-17-5-2-1-3-6-17/h1-3,5-6,8-13,15H,4,7,14,16H2,(H,26,29). The van der Waals surface area contributed by atoms with Gasteiger partial charge in [0.05, 0.1) is 5.69 Å². The Hall–Kier alpha value is -3.31. The molecule has 0 aliphatic carbocycles. The first-order valence-electron chi connectivity index (χ1n) is 9.78. The Labute approximate surface area is 180 Å². The van der Waals surface area contributed by atoms with Crippen molar-refractivity contribution >= 4 is 34.8 Å². The number of nitrogens with zero attached hydrogens (tertiary/aromatic N) is 1. The van der Waals surface area contributed by atoms with Crippen molar-refractivity contribution < 1.29 is 14.3 Å². The minimum atomic E-state index is -0.245. The van der Waals surface area contributed by atoms with Crippen molar-refractivity contribution in [3.05, 3.63) is 88.9 Å². The molecule has 0 aromatic heterocycles. The molecular formula is C24H21ClN2O3. The summed E-state index contributed by atoms with van der Waals surface area (Å²) in [4.78, 5) is 26.7. The van der Waals surface area contributed by atoms with Gasteiger partial charge in [-0.3, -0.25) is 9.59 Å². The third-order valence-electron chi connectivity index (χ3n) is 4.96. The van der Waals surface area contributed by atoms with Crippen LogP contribution in [0.2, 0.25) is 5.02 Å². The van der Waals surface area contributed by atoms with E-state index in [2.05, 4.69) is 17.4 Å². The number of rotatable bonds is 6. The number of benzene rings is 3. The Balaban J connectivity index is 1.48. The van der Waals surface area contributed by atoms with Gasteiger partial charge < -0.3 is 15.0 Å². The molecular weight excluding hydrogens is 400 g/mol. The molecule has 5 nitrogen and oxygen atoms in total. The summed E-state index contributed by atoms with van der Waals surface area (Å²) in [5.41, 5.74) is 3.01. The first-order valence-corrected chi connectivity index (χ1v) is 10.2. The molecule has 1 heterocycles. The lowest BCUT2D eigenvalue weighted by Crippen LogP contribution is -2.39. The molecule has 3 aromatic rings. The maximum Gasteiger partial charge on any atom is 0.265 e. The predicted molar refractivity (Wildman–Crippen MR) is 118 cm³/mol. The van der Waals surface area contributed by atoms with Crippen molar-refractivity contribution in [2.45, 2.75) is 12.8 Å². The molecule has 2 amide bonds. The summed E-state index contributed by atoms with van der Waals surface area (Å²) in [6.07, 6.45) is 1.71. The zero-order chi connectivity index (χ0) is 20.9. The molecule has 0 unspecified atom stereocenters. The first-order chi connectivity index (χ1) is 14.6. The number of ether oxygens (including phenoxy) is 1. The van der Waals surface area contributed by atoms with E-state index in [-0.39, 0.29) is 18.4 Å². The fraction of sp³-hybridized carbons (Fsp3) is 0.167. The minimum absolute atomic E-state index is 0.0226. The number of fused-ring (bicyclic) bond motifs is 1. The predicted octanol–water partition coefficient (Wildman–Crippen LogP) is 4.95. The van der Waals surface area contributed by atoms with Gasteiger partial charge in [0.15, 0.2) is 6.61 Å². The average Bonchev–Trinajstić information content (AvgIpc) is 2.76. The highest BCUT2D eigenvalue weighted by molar-refractivity contribution is 6.30. The monoisotopic (exact) mass is 420 g/mol. The minimum Gasteiger partial charge on any atom is -0.482 e. The van der Waals surface area contributed by atoms with E-state index in [9.17, 15) is 9.59 Å². The molecule has 0 spiro atoms. The van der Waals surface area contributed by atoms with Gasteiger partial charge in [0.1, 0.15) is 5.75 Å². The van der Waals surface area contributed by atoms with E-state index in [0.717, 1.165) is 12.8 Å². The van der Waals surface area contributed by atoms with Gasteiger partial charge in [0, 0.05) is 22.8 Å². The summed E-state index contributed by atoms with van der Waals surface area (Å²) in [5.74, 6) is 0.306. The smallest absolute Gasteiger partial charge is 0.265 e. The Morgan fingerprint density at radius 1 is 1.03 bits per heavy atom. The van der Waals surface area contributed by atoms with Crippen LogP contribution in [0.25, 0.3) is 0 Å². The van der Waals surface area contributed by atoms with E-state index in [0.29, 0.717) is 34.3 Å². The quantitative estimate of drug-likeness (QED) is 0.613. The van der Waals surface area contributed by atoms with Crippen molar-refractivity contribution in [1.82, 2.24) is 0 Å². The molecule has 0 bridgehead atoms. The van der Waals surface area contributed by atoms with Gasteiger partial charge in [-0.25, -0.2) is 0 Å². The normalized spacial score (nSPS) is 12.8. The molecule has 152 valence electrons. The topological polar surface area (TPSA) is 58.6 Å². The van der Waals surface area contributed by atoms with Crippen LogP contribution >= 0.6 is 11.6 Å². The largest absolute Gasteiger partial charge is 0.482 e. The zero-order valence-corrected chi connectivity index (χ0v) is 17.1. The maximum absolute atomic E-state index is 12.5. The van der Waals surface area contributed by atoms with E-state index < -0.39 is 0 Å². The van der Waals surface area contributed by atoms with Gasteiger partial charge in [0.25, 0.3) is 11.8 Å². The summed E-state index contributed by atoms with van der Waals surface area (Å²) in [6.45, 7) is 0.605. The Morgan fingerprint density at radius 3 is 2.57 bits per heavy atom. The SMILES string of the molecule is O=C(Nc1ccc2c(c1)N(CCCc1ccccc1)C(=O)CO2)c1ccc(Cl)cc1. The van der Waals surface area contributed by atoms with Crippen molar-refractivity contribution in [2.75, 3.05) is 23.4 Å². The number of hydrogen-bond acceptors (Lipinski definition) is 3. The lowest BCUT2D eigenvalue weighted by Gasteiger charge is -2.30. The van der Waals surface area contributed by atoms with Crippen molar-refractivity contribution in [3.63, 3.8) is 0 Å². The maximum atomic E-state index is 12.5. The number of nitrogens with one attached hydrogen (secondary N) is 1. The summed E-state index contributed by atoms with van der Waals surface area (Å²) in [7, 11) is 0. The fourth-order valence-electron chi connectivity index (χ4n) is 3.42. The Morgan fingerprint density at radius 2 is 1.80 bits per heavy atom. The van der Waals surface area contributed by atoms with Crippen LogP contribution in [0.15, 0.2) is 72.8 Å². The molecule has 3 aromatic carbocycles. The highest BCUT2D eigenvalue weighted by Crippen LogP contribution is 2.35. The number of amides is 2. The van der Waals surface area contributed by atoms with Crippen LogP contribution in [-0.2, 0) is 11.2 Å². The second-order valence-electron chi connectivity index (χ2n) is 7.07. The number of carbonyl (C=O) groups is 2. The van der Waals surface area contributed by atoms with Crippen molar-refractivity contribution in [1.29, 1.82) is 0 Å². The van der Waals surface area contributed by atoms with E-state index in [1.165, 1.54) is 5.56 Å². The molecule has 0 radical (unpaired) electrons. The van der Waals surface area contributed by atoms with E-state index in [1.807, 2.05) is 18.2 Å². The van der Waals surface area contributed by atoms with Crippen LogP contribution in [0.5, 0.6) is 5.75 Å². The Kier molecular flexibility index (Phi) is 6.00. The number of hydrogen-bond donors (Lipinski definition) is 1. The number of anilines is 2. The number of aryl methyl sites for hydroxylation is 1. The van der Waals surface area contributed by atoms with Crippen LogP contribution in [0.3, 0.4) is 0 Å². The zero-order valence-electron chi connectivity index (χ0n) is 16.3. The summed E-state index contributed by atoms with van der Waals surface area (Å²) in [5, 5.41) is 3.44. The molecule has 0 atom stereocenters. The molecule has 30 heavy (non-hydrogen) atoms. The lowest BCUT2D eigenvalue weighted by molar-refractivity contribution is -0.121. The second kappa shape index (κ2) is 9.01. The highest BCUT2D eigenvalue weighted by atomic mass is 35.5. The van der Waals surface area contributed by atoms with Gasteiger partial charge in [-0.05, 0) is 60.9 Å². The van der Waals surface area contributed by atoms with Gasteiger partial charge in [-0.1, -0.05) is 41.9 Å². The van der Waals surface area contributed by atoms with Gasteiger partial charge in [-0.2, -0.15) is 0 Å². The van der Waals surface area contributed by atoms with Gasteiger partial charge in [-0.15, -0.1) is 0 Å². The van der Waals surface area contributed by atoms with E-state index >= 15 is 0 Å². The van der Waals surface area contributed by atoms with Crippen molar-refractivity contribution in [3.8, 4) is 5.75 Å². The van der Waals surface area contributed by atoms with Crippen LogP contribution in [0.4, 0.5) is 11.4 Å². The summed E-state index contributed by atoms with van der Waals surface area (Å²) < 4.78 is 5.57. The van der Waals surface area contributed by atoms with Crippen LogP contribution < -0.4 is 15.0 Å². The van der Waals surface area contributed by atoms with E-state index in [4.69, 9.17) is 16.3 Å². The van der Waals surface area contributed by atoms with Crippen molar-refractivity contribution in [2.24, 2.45) is 0 Å². The molecule has 1 aliphatic heterocycles. The fourth-order valence-corrected chi connectivity index (χ4v) is 3.54. The first kappa shape index (κ1) is 20.0. The van der Waals surface area contributed by atoms with Gasteiger partial charge in [0.2, 0.25) is 0 Å². The molecule has 4 rings (SSSR count).